The lowest BCUT2D eigenvalue weighted by Gasteiger charge is -2.24. The number of benzene rings is 1. The number of aryl methyl sites for hydroxylation is 3. The second-order valence-corrected chi connectivity index (χ2v) is 8.26. The average molecular weight is 428 g/mol. The van der Waals surface area contributed by atoms with Crippen LogP contribution in [-0.2, 0) is 0 Å². The first kappa shape index (κ1) is 20.2. The Kier molecular flexibility index (Phi) is 5.09. The van der Waals surface area contributed by atoms with E-state index in [-0.39, 0.29) is 11.9 Å². The van der Waals surface area contributed by atoms with Crippen molar-refractivity contribution in [2.75, 3.05) is 11.9 Å². The third-order valence-electron chi connectivity index (χ3n) is 5.89. The lowest BCUT2D eigenvalue weighted by atomic mass is 10.1. The Balaban J connectivity index is 1.42. The van der Waals surface area contributed by atoms with E-state index < -0.39 is 0 Å². The number of rotatable bonds is 4. The molecule has 1 aromatic carbocycles. The molecule has 162 valence electrons. The van der Waals surface area contributed by atoms with Crippen LogP contribution in [0.3, 0.4) is 0 Å². The minimum absolute atomic E-state index is 0.0843. The van der Waals surface area contributed by atoms with Crippen LogP contribution in [-0.4, -0.2) is 32.3 Å². The van der Waals surface area contributed by atoms with Crippen LogP contribution < -0.4 is 5.32 Å². The van der Waals surface area contributed by atoms with Gasteiger partial charge in [-0.1, -0.05) is 24.3 Å². The first-order chi connectivity index (χ1) is 15.5. The van der Waals surface area contributed by atoms with E-state index in [9.17, 15) is 4.79 Å². The van der Waals surface area contributed by atoms with Gasteiger partial charge in [0.2, 0.25) is 5.95 Å². The van der Waals surface area contributed by atoms with Gasteiger partial charge < -0.3 is 14.6 Å². The maximum absolute atomic E-state index is 13.4. The van der Waals surface area contributed by atoms with Gasteiger partial charge >= 0.3 is 0 Å². The van der Waals surface area contributed by atoms with Crippen LogP contribution >= 0.6 is 0 Å². The maximum Gasteiger partial charge on any atom is 0.290 e. The highest BCUT2D eigenvalue weighted by Crippen LogP contribution is 2.35. The highest BCUT2D eigenvalue weighted by molar-refractivity contribution is 5.99. The molecule has 0 radical (unpaired) electrons. The van der Waals surface area contributed by atoms with Crippen LogP contribution in [0.2, 0.25) is 0 Å². The molecule has 0 spiro atoms. The van der Waals surface area contributed by atoms with E-state index in [1.165, 1.54) is 0 Å². The van der Waals surface area contributed by atoms with Crippen molar-refractivity contribution < 1.29 is 9.21 Å². The van der Waals surface area contributed by atoms with E-state index in [1.54, 1.807) is 0 Å². The molecule has 5 rings (SSSR count). The Hall–Kier alpha value is -3.74. The molecule has 7 nitrogen and oxygen atoms in total. The van der Waals surface area contributed by atoms with Gasteiger partial charge in [0, 0.05) is 28.9 Å². The molecule has 0 saturated carbocycles. The van der Waals surface area contributed by atoms with E-state index in [4.69, 9.17) is 9.40 Å². The number of aromatic nitrogens is 3. The summed E-state index contributed by atoms with van der Waals surface area (Å²) in [6.07, 6.45) is 1.79. The summed E-state index contributed by atoms with van der Waals surface area (Å²) in [5, 5.41) is 4.17. The molecule has 4 heterocycles. The van der Waals surface area contributed by atoms with Crippen LogP contribution in [0.5, 0.6) is 0 Å². The van der Waals surface area contributed by atoms with Crippen molar-refractivity contribution in [3.63, 3.8) is 0 Å². The van der Waals surface area contributed by atoms with Gasteiger partial charge in [0.15, 0.2) is 5.76 Å². The van der Waals surface area contributed by atoms with Gasteiger partial charge in [0.1, 0.15) is 11.4 Å². The number of hydrogen-bond acceptors (Lipinski definition) is 6. The van der Waals surface area contributed by atoms with Crippen molar-refractivity contribution in [1.29, 1.82) is 0 Å². The molecule has 1 amide bonds. The largest absolute Gasteiger partial charge is 0.451 e. The molecule has 1 fully saturated rings. The molecule has 1 N–H and O–H groups in total. The number of para-hydroxylation sites is 1. The molecule has 0 aliphatic carbocycles. The standard InChI is InChI=1S/C25H25N5O2/c1-15-14-16(2)27-25(26-15)29-22-12-6-9-19(28-22)20-10-7-13-30(20)24(31)23-17(3)18-8-4-5-11-21(18)32-23/h4-6,8-9,11-12,14,20H,7,10,13H2,1-3H3,(H,26,27,28,29)/t20-/m0/s1. The SMILES string of the molecule is Cc1cc(C)nc(Nc2cccc([C@@H]3CCCN3C(=O)c3oc4ccccc4c3C)n2)n1. The quantitative estimate of drug-likeness (QED) is 0.478. The monoisotopic (exact) mass is 427 g/mol. The average Bonchev–Trinajstić information content (AvgIpc) is 3.38. The zero-order valence-corrected chi connectivity index (χ0v) is 18.4. The lowest BCUT2D eigenvalue weighted by Crippen LogP contribution is -2.31. The molecule has 1 aliphatic heterocycles. The van der Waals surface area contributed by atoms with Crippen molar-refractivity contribution in [2.45, 2.75) is 39.7 Å². The Labute approximate surface area is 186 Å². The van der Waals surface area contributed by atoms with Crippen LogP contribution in [0, 0.1) is 20.8 Å². The number of hydrogen-bond donors (Lipinski definition) is 1. The van der Waals surface area contributed by atoms with E-state index in [2.05, 4.69) is 15.3 Å². The summed E-state index contributed by atoms with van der Waals surface area (Å²) in [6, 6.07) is 15.4. The number of pyridine rings is 1. The normalized spacial score (nSPS) is 16.0. The van der Waals surface area contributed by atoms with Gasteiger partial charge in [-0.2, -0.15) is 0 Å². The van der Waals surface area contributed by atoms with Gasteiger partial charge in [-0.25, -0.2) is 15.0 Å². The first-order valence-electron chi connectivity index (χ1n) is 10.8. The summed E-state index contributed by atoms with van der Waals surface area (Å²) in [5.74, 6) is 1.51. The molecule has 7 heteroatoms. The smallest absolute Gasteiger partial charge is 0.290 e. The van der Waals surface area contributed by atoms with Crippen molar-refractivity contribution >= 4 is 28.6 Å². The second kappa shape index (κ2) is 8.07. The summed E-state index contributed by atoms with van der Waals surface area (Å²) in [4.78, 5) is 29.0. The van der Waals surface area contributed by atoms with Crippen LogP contribution in [0.15, 0.2) is 52.9 Å². The predicted octanol–water partition coefficient (Wildman–Crippen LogP) is 5.26. The van der Waals surface area contributed by atoms with E-state index in [0.29, 0.717) is 24.1 Å². The molecule has 4 aromatic rings. The number of furan rings is 1. The Morgan fingerprint density at radius 2 is 1.81 bits per heavy atom. The molecule has 0 unspecified atom stereocenters. The number of carbonyl (C=O) groups is 1. The number of nitrogens with one attached hydrogen (secondary N) is 1. The van der Waals surface area contributed by atoms with Crippen molar-refractivity contribution in [3.8, 4) is 0 Å². The Morgan fingerprint density at radius 3 is 2.59 bits per heavy atom. The summed E-state index contributed by atoms with van der Waals surface area (Å²) in [7, 11) is 0. The van der Waals surface area contributed by atoms with Gasteiger partial charge in [-0.3, -0.25) is 4.79 Å². The summed E-state index contributed by atoms with van der Waals surface area (Å²) >= 11 is 0. The summed E-state index contributed by atoms with van der Waals surface area (Å²) < 4.78 is 5.94. The number of anilines is 2. The minimum Gasteiger partial charge on any atom is -0.451 e. The van der Waals surface area contributed by atoms with Crippen molar-refractivity contribution in [3.05, 3.63) is 76.9 Å². The van der Waals surface area contributed by atoms with Crippen molar-refractivity contribution in [2.24, 2.45) is 0 Å². The molecule has 1 aliphatic rings. The number of carbonyl (C=O) groups excluding carboxylic acids is 1. The maximum atomic E-state index is 13.4. The topological polar surface area (TPSA) is 84.2 Å². The van der Waals surface area contributed by atoms with Gasteiger partial charge in [-0.05, 0) is 57.9 Å². The number of likely N-dealkylation sites (tertiary alicyclic amines) is 1. The fourth-order valence-corrected chi connectivity index (χ4v) is 4.43. The molecule has 32 heavy (non-hydrogen) atoms. The highest BCUT2D eigenvalue weighted by Gasteiger charge is 2.34. The van der Waals surface area contributed by atoms with Gasteiger partial charge in [0.25, 0.3) is 5.91 Å². The zero-order valence-electron chi connectivity index (χ0n) is 18.4. The highest BCUT2D eigenvalue weighted by atomic mass is 16.3. The fourth-order valence-electron chi connectivity index (χ4n) is 4.43. The van der Waals surface area contributed by atoms with Crippen LogP contribution in [0.25, 0.3) is 11.0 Å². The molecule has 0 bridgehead atoms. The van der Waals surface area contributed by atoms with Crippen LogP contribution in [0.4, 0.5) is 11.8 Å². The van der Waals surface area contributed by atoms with Gasteiger partial charge in [0.05, 0.1) is 11.7 Å². The van der Waals surface area contributed by atoms with E-state index in [1.807, 2.05) is 74.2 Å². The molecule has 1 atom stereocenters. The number of amides is 1. The lowest BCUT2D eigenvalue weighted by molar-refractivity contribution is 0.0702. The predicted molar refractivity (Wildman–Crippen MR) is 123 cm³/mol. The molecule has 3 aromatic heterocycles. The molecular formula is C25H25N5O2. The summed E-state index contributed by atoms with van der Waals surface area (Å²) in [5.41, 5.74) is 4.25. The minimum atomic E-state index is -0.1000. The summed E-state index contributed by atoms with van der Waals surface area (Å²) in [6.45, 7) is 6.49. The third kappa shape index (κ3) is 3.70. The zero-order chi connectivity index (χ0) is 22.2. The Bertz CT molecular complexity index is 1290. The molecule has 1 saturated heterocycles. The number of fused-ring (bicyclic) bond motifs is 1. The van der Waals surface area contributed by atoms with Gasteiger partial charge in [-0.15, -0.1) is 0 Å². The van der Waals surface area contributed by atoms with E-state index in [0.717, 1.165) is 46.5 Å². The number of nitrogens with zero attached hydrogens (tertiary/aromatic N) is 4. The fraction of sp³-hybridized carbons (Fsp3) is 0.280. The Morgan fingerprint density at radius 1 is 1.03 bits per heavy atom. The van der Waals surface area contributed by atoms with E-state index >= 15 is 0 Å². The second-order valence-electron chi connectivity index (χ2n) is 8.26. The first-order valence-corrected chi connectivity index (χ1v) is 10.8. The molecular weight excluding hydrogens is 402 g/mol. The van der Waals surface area contributed by atoms with Crippen molar-refractivity contribution in [1.82, 2.24) is 19.9 Å². The van der Waals surface area contributed by atoms with Crippen LogP contribution in [0.1, 0.15) is 52.1 Å². The third-order valence-corrected chi connectivity index (χ3v) is 5.89.